The topological polar surface area (TPSA) is 124 Å². The zero-order valence-corrected chi connectivity index (χ0v) is 15.4. The largest absolute Gasteiger partial charge is 0.366 e. The van der Waals surface area contributed by atoms with Crippen molar-refractivity contribution in [1.82, 2.24) is 30.0 Å². The number of amides is 1. The Morgan fingerprint density at radius 2 is 2.22 bits per heavy atom. The number of primary amides is 1. The van der Waals surface area contributed by atoms with Gasteiger partial charge in [-0.15, -0.1) is 0 Å². The van der Waals surface area contributed by atoms with E-state index in [0.717, 1.165) is 37.2 Å². The van der Waals surface area contributed by atoms with Crippen molar-refractivity contribution in [2.75, 3.05) is 18.4 Å². The molecule has 140 valence electrons. The highest BCUT2D eigenvalue weighted by atomic mass is 16.1. The van der Waals surface area contributed by atoms with E-state index < -0.39 is 5.91 Å². The third kappa shape index (κ3) is 3.33. The van der Waals surface area contributed by atoms with Crippen LogP contribution in [-0.2, 0) is 7.05 Å². The minimum absolute atomic E-state index is 0.250. The molecule has 0 aliphatic carbocycles. The molecule has 0 aromatic carbocycles. The Bertz CT molecular complexity index is 1010. The molecular weight excluding hydrogens is 344 g/mol. The zero-order valence-electron chi connectivity index (χ0n) is 15.4. The Kier molecular flexibility index (Phi) is 4.44. The van der Waals surface area contributed by atoms with Gasteiger partial charge in [-0.05, 0) is 32.4 Å². The van der Waals surface area contributed by atoms with Crippen molar-refractivity contribution in [3.8, 4) is 11.3 Å². The Balaban J connectivity index is 1.87. The molecule has 27 heavy (non-hydrogen) atoms. The molecule has 4 N–H and O–H groups in total. The molecule has 1 amide bonds. The number of pyridine rings is 1. The van der Waals surface area contributed by atoms with E-state index in [4.69, 9.17) is 10.7 Å². The first-order chi connectivity index (χ1) is 13.0. The maximum absolute atomic E-state index is 12.1. The van der Waals surface area contributed by atoms with E-state index in [1.165, 1.54) is 6.33 Å². The van der Waals surface area contributed by atoms with E-state index in [1.54, 1.807) is 10.7 Å². The number of aryl methyl sites for hydroxylation is 2. The summed E-state index contributed by atoms with van der Waals surface area (Å²) in [6, 6.07) is 1.92. The van der Waals surface area contributed by atoms with Crippen LogP contribution in [0.15, 0.2) is 18.6 Å². The van der Waals surface area contributed by atoms with Gasteiger partial charge >= 0.3 is 0 Å². The summed E-state index contributed by atoms with van der Waals surface area (Å²) in [5.74, 6) is 0.0637. The van der Waals surface area contributed by atoms with Crippen LogP contribution in [-0.4, -0.2) is 49.8 Å². The average molecular weight is 366 g/mol. The van der Waals surface area contributed by atoms with Crippen LogP contribution in [0.3, 0.4) is 0 Å². The first-order valence-corrected chi connectivity index (χ1v) is 8.96. The van der Waals surface area contributed by atoms with Gasteiger partial charge in [0.25, 0.3) is 5.91 Å². The van der Waals surface area contributed by atoms with Gasteiger partial charge in [0.05, 0.1) is 17.0 Å². The van der Waals surface area contributed by atoms with Gasteiger partial charge in [0.2, 0.25) is 0 Å². The summed E-state index contributed by atoms with van der Waals surface area (Å²) in [6.07, 6.45) is 5.45. The third-order valence-electron chi connectivity index (χ3n) is 4.78. The molecule has 4 heterocycles. The van der Waals surface area contributed by atoms with Gasteiger partial charge in [-0.2, -0.15) is 5.10 Å². The van der Waals surface area contributed by atoms with E-state index in [0.29, 0.717) is 28.1 Å². The molecule has 1 fully saturated rings. The third-order valence-corrected chi connectivity index (χ3v) is 4.78. The lowest BCUT2D eigenvalue weighted by atomic mass is 10.1. The van der Waals surface area contributed by atoms with Crippen LogP contribution in [0.1, 0.15) is 28.9 Å². The minimum atomic E-state index is -0.547. The summed E-state index contributed by atoms with van der Waals surface area (Å²) < 4.78 is 1.72. The molecule has 3 aromatic rings. The average Bonchev–Trinajstić information content (AvgIpc) is 3.00. The number of anilines is 1. The smallest absolute Gasteiger partial charge is 0.251 e. The second kappa shape index (κ2) is 6.92. The molecule has 1 atom stereocenters. The Morgan fingerprint density at radius 1 is 1.37 bits per heavy atom. The van der Waals surface area contributed by atoms with Gasteiger partial charge in [-0.3, -0.25) is 9.48 Å². The van der Waals surface area contributed by atoms with E-state index in [-0.39, 0.29) is 6.04 Å². The van der Waals surface area contributed by atoms with Gasteiger partial charge in [0.15, 0.2) is 5.82 Å². The molecule has 9 nitrogen and oxygen atoms in total. The summed E-state index contributed by atoms with van der Waals surface area (Å²) in [6.45, 7) is 3.78. The van der Waals surface area contributed by atoms with Gasteiger partial charge in [-0.25, -0.2) is 15.0 Å². The molecule has 0 saturated carbocycles. The number of carbonyl (C=O) groups is 1. The fourth-order valence-corrected chi connectivity index (χ4v) is 3.49. The maximum atomic E-state index is 12.1. The van der Waals surface area contributed by atoms with Crippen LogP contribution in [0.25, 0.3) is 22.3 Å². The van der Waals surface area contributed by atoms with Crippen molar-refractivity contribution in [3.05, 3.63) is 29.8 Å². The summed E-state index contributed by atoms with van der Waals surface area (Å²) in [4.78, 5) is 25.5. The SMILES string of the molecule is Cc1nn(C)cc1-c1cc(C(N)=O)c2ncnc(N[C@H]3CCCNC3)c2n1. The van der Waals surface area contributed by atoms with E-state index in [9.17, 15) is 4.79 Å². The summed E-state index contributed by atoms with van der Waals surface area (Å²) >= 11 is 0. The van der Waals surface area contributed by atoms with E-state index in [1.807, 2.05) is 20.2 Å². The molecule has 1 aliphatic heterocycles. The molecule has 1 aliphatic rings. The molecule has 4 rings (SSSR count). The molecule has 3 aromatic heterocycles. The van der Waals surface area contributed by atoms with Gasteiger partial charge in [0, 0.05) is 31.4 Å². The molecule has 1 saturated heterocycles. The molecule has 0 bridgehead atoms. The summed E-state index contributed by atoms with van der Waals surface area (Å²) in [5.41, 5.74) is 9.23. The lowest BCUT2D eigenvalue weighted by molar-refractivity contribution is 0.100. The first kappa shape index (κ1) is 17.3. The van der Waals surface area contributed by atoms with Crippen molar-refractivity contribution in [1.29, 1.82) is 0 Å². The number of aromatic nitrogens is 5. The van der Waals surface area contributed by atoms with Gasteiger partial charge < -0.3 is 16.4 Å². The zero-order chi connectivity index (χ0) is 19.0. The highest BCUT2D eigenvalue weighted by Gasteiger charge is 2.20. The normalized spacial score (nSPS) is 17.2. The molecule has 0 unspecified atom stereocenters. The Morgan fingerprint density at radius 3 is 2.89 bits per heavy atom. The van der Waals surface area contributed by atoms with E-state index >= 15 is 0 Å². The fraction of sp³-hybridized carbons (Fsp3) is 0.389. The molecule has 9 heteroatoms. The van der Waals surface area contributed by atoms with Crippen LogP contribution >= 0.6 is 0 Å². The lowest BCUT2D eigenvalue weighted by Crippen LogP contribution is -2.38. The molecule has 0 radical (unpaired) electrons. The molecule has 0 spiro atoms. The predicted octanol–water partition coefficient (Wildman–Crippen LogP) is 0.997. The number of nitrogens with one attached hydrogen (secondary N) is 2. The monoisotopic (exact) mass is 366 g/mol. The van der Waals surface area contributed by atoms with Crippen molar-refractivity contribution >= 4 is 22.8 Å². The first-order valence-electron chi connectivity index (χ1n) is 8.96. The predicted molar refractivity (Wildman–Crippen MR) is 102 cm³/mol. The highest BCUT2D eigenvalue weighted by Crippen LogP contribution is 2.28. The van der Waals surface area contributed by atoms with E-state index in [2.05, 4.69) is 25.7 Å². The number of hydrogen-bond donors (Lipinski definition) is 3. The quantitative estimate of drug-likeness (QED) is 0.629. The van der Waals surface area contributed by atoms with Crippen LogP contribution < -0.4 is 16.4 Å². The lowest BCUT2D eigenvalue weighted by Gasteiger charge is -2.24. The Labute approximate surface area is 156 Å². The van der Waals surface area contributed by atoms with Gasteiger partial charge in [-0.1, -0.05) is 0 Å². The van der Waals surface area contributed by atoms with Crippen molar-refractivity contribution < 1.29 is 4.79 Å². The summed E-state index contributed by atoms with van der Waals surface area (Å²) in [5, 5.41) is 11.2. The van der Waals surface area contributed by atoms with Crippen molar-refractivity contribution in [3.63, 3.8) is 0 Å². The summed E-state index contributed by atoms with van der Waals surface area (Å²) in [7, 11) is 1.85. The number of hydrogen-bond acceptors (Lipinski definition) is 7. The molecular formula is C18H22N8O. The van der Waals surface area contributed by atoms with Crippen LogP contribution in [0.4, 0.5) is 5.82 Å². The standard InChI is InChI=1S/C18H22N8O/c1-10-13(8-26(2)25-10)14-6-12(17(19)27)15-16(24-14)18(22-9-21-15)23-11-4-3-5-20-7-11/h6,8-9,11,20H,3-5,7H2,1-2H3,(H2,19,27)(H,21,22,23)/t11-/m0/s1. The Hall–Kier alpha value is -3.07. The van der Waals surface area contributed by atoms with Crippen LogP contribution in [0, 0.1) is 6.92 Å². The fourth-order valence-electron chi connectivity index (χ4n) is 3.49. The number of carbonyl (C=O) groups excluding carboxylic acids is 1. The van der Waals surface area contributed by atoms with Crippen LogP contribution in [0.5, 0.6) is 0 Å². The second-order valence-electron chi connectivity index (χ2n) is 6.83. The number of nitrogens with two attached hydrogens (primary N) is 1. The van der Waals surface area contributed by atoms with Crippen LogP contribution in [0.2, 0.25) is 0 Å². The van der Waals surface area contributed by atoms with Crippen molar-refractivity contribution in [2.24, 2.45) is 12.8 Å². The highest BCUT2D eigenvalue weighted by molar-refractivity contribution is 6.06. The number of rotatable bonds is 4. The second-order valence-corrected chi connectivity index (χ2v) is 6.83. The van der Waals surface area contributed by atoms with Crippen molar-refractivity contribution in [2.45, 2.75) is 25.8 Å². The number of fused-ring (bicyclic) bond motifs is 1. The number of nitrogens with zero attached hydrogens (tertiary/aromatic N) is 5. The van der Waals surface area contributed by atoms with Gasteiger partial charge in [0.1, 0.15) is 17.4 Å². The maximum Gasteiger partial charge on any atom is 0.251 e. The minimum Gasteiger partial charge on any atom is -0.366 e. The number of piperidine rings is 1.